The molecule has 0 bridgehead atoms. The van der Waals surface area contributed by atoms with Crippen molar-refractivity contribution in [3.05, 3.63) is 29.8 Å². The Morgan fingerprint density at radius 2 is 1.86 bits per heavy atom. The molecule has 0 saturated carbocycles. The molecular formula is C14H18N4O4. The van der Waals surface area contributed by atoms with Crippen molar-refractivity contribution in [3.63, 3.8) is 0 Å². The van der Waals surface area contributed by atoms with Crippen molar-refractivity contribution in [1.29, 1.82) is 0 Å². The predicted molar refractivity (Wildman–Crippen MR) is 78.3 cm³/mol. The van der Waals surface area contributed by atoms with Crippen LogP contribution in [0.1, 0.15) is 23.4 Å². The minimum atomic E-state index is -0.705. The molecule has 0 atom stereocenters. The number of aromatic nitrogens is 3. The van der Waals surface area contributed by atoms with E-state index in [9.17, 15) is 4.79 Å². The molecule has 22 heavy (non-hydrogen) atoms. The molecule has 0 spiro atoms. The lowest BCUT2D eigenvalue weighted by Gasteiger charge is -2.16. The van der Waals surface area contributed by atoms with Gasteiger partial charge in [-0.3, -0.25) is 9.36 Å². The van der Waals surface area contributed by atoms with Gasteiger partial charge in [-0.1, -0.05) is 6.07 Å². The number of para-hydroxylation sites is 1. The predicted octanol–water partition coefficient (Wildman–Crippen LogP) is 0.920. The zero-order chi connectivity index (χ0) is 16.1. The fourth-order valence-corrected chi connectivity index (χ4v) is 2.05. The molecule has 1 amide bonds. The molecule has 1 aromatic heterocycles. The molecule has 0 radical (unpaired) electrons. The second kappa shape index (κ2) is 6.90. The van der Waals surface area contributed by atoms with Crippen LogP contribution in [-0.4, -0.2) is 41.5 Å². The van der Waals surface area contributed by atoms with Crippen LogP contribution in [0.25, 0.3) is 5.69 Å². The number of amides is 1. The number of nitrogens with zero attached hydrogens (tertiary/aromatic N) is 3. The summed E-state index contributed by atoms with van der Waals surface area (Å²) < 4.78 is 17.6. The highest BCUT2D eigenvalue weighted by Gasteiger charge is 2.23. The lowest BCUT2D eigenvalue weighted by molar-refractivity contribution is 0.0987. The Balaban J connectivity index is 2.69. The molecule has 1 heterocycles. The van der Waals surface area contributed by atoms with Crippen LogP contribution in [0.5, 0.6) is 11.5 Å². The third-order valence-electron chi connectivity index (χ3n) is 3.01. The van der Waals surface area contributed by atoms with E-state index >= 15 is 0 Å². The van der Waals surface area contributed by atoms with Crippen molar-refractivity contribution in [3.8, 4) is 17.2 Å². The van der Waals surface area contributed by atoms with Gasteiger partial charge in [-0.15, -0.1) is 10.2 Å². The summed E-state index contributed by atoms with van der Waals surface area (Å²) in [5.74, 6) is 0.706. The standard InChI is InChI=1S/C14H18N4O4/c1-4-22-8-11-16-17-14(13(15)19)18(11)12-9(20-2)6-5-7-10(12)21-3/h5-7H,4,8H2,1-3H3,(H2,15,19). The maximum absolute atomic E-state index is 11.7. The van der Waals surface area contributed by atoms with Gasteiger partial charge in [0.25, 0.3) is 5.91 Å². The Labute approximate surface area is 127 Å². The number of ether oxygens (including phenoxy) is 3. The van der Waals surface area contributed by atoms with Crippen LogP contribution in [0.4, 0.5) is 0 Å². The quantitative estimate of drug-likeness (QED) is 0.816. The van der Waals surface area contributed by atoms with E-state index in [-0.39, 0.29) is 12.4 Å². The normalized spacial score (nSPS) is 10.5. The van der Waals surface area contributed by atoms with Crippen LogP contribution in [0.2, 0.25) is 0 Å². The molecule has 2 aromatic rings. The summed E-state index contributed by atoms with van der Waals surface area (Å²) in [7, 11) is 3.05. The Morgan fingerprint density at radius 3 is 2.36 bits per heavy atom. The summed E-state index contributed by atoms with van der Waals surface area (Å²) in [4.78, 5) is 11.7. The van der Waals surface area contributed by atoms with Crippen LogP contribution >= 0.6 is 0 Å². The van der Waals surface area contributed by atoms with Gasteiger partial charge in [-0.2, -0.15) is 0 Å². The Bertz CT molecular complexity index is 647. The largest absolute Gasteiger partial charge is 0.494 e. The molecule has 0 aliphatic carbocycles. The van der Waals surface area contributed by atoms with E-state index in [1.54, 1.807) is 18.2 Å². The van der Waals surface area contributed by atoms with Gasteiger partial charge in [0, 0.05) is 6.61 Å². The van der Waals surface area contributed by atoms with Crippen molar-refractivity contribution < 1.29 is 19.0 Å². The van der Waals surface area contributed by atoms with Gasteiger partial charge in [0.05, 0.1) is 14.2 Å². The van der Waals surface area contributed by atoms with Gasteiger partial charge < -0.3 is 19.9 Å². The molecule has 2 N–H and O–H groups in total. The van der Waals surface area contributed by atoms with Crippen molar-refractivity contribution >= 4 is 5.91 Å². The first-order chi connectivity index (χ1) is 10.6. The van der Waals surface area contributed by atoms with Crippen LogP contribution < -0.4 is 15.2 Å². The third kappa shape index (κ3) is 2.86. The average molecular weight is 306 g/mol. The summed E-state index contributed by atoms with van der Waals surface area (Å²) in [5, 5.41) is 7.82. The van der Waals surface area contributed by atoms with Gasteiger partial charge in [0.15, 0.2) is 5.82 Å². The Morgan fingerprint density at radius 1 is 1.23 bits per heavy atom. The monoisotopic (exact) mass is 306 g/mol. The van der Waals surface area contributed by atoms with E-state index in [2.05, 4.69) is 10.2 Å². The van der Waals surface area contributed by atoms with E-state index in [1.807, 2.05) is 6.92 Å². The molecule has 8 nitrogen and oxygen atoms in total. The number of rotatable bonds is 7. The smallest absolute Gasteiger partial charge is 0.287 e. The van der Waals surface area contributed by atoms with Gasteiger partial charge in [-0.25, -0.2) is 0 Å². The molecule has 0 saturated heterocycles. The maximum atomic E-state index is 11.7. The topological polar surface area (TPSA) is 101 Å². The number of carbonyl (C=O) groups excluding carboxylic acids is 1. The first-order valence-electron chi connectivity index (χ1n) is 6.67. The van der Waals surface area contributed by atoms with E-state index < -0.39 is 5.91 Å². The van der Waals surface area contributed by atoms with Gasteiger partial charge in [0.2, 0.25) is 5.82 Å². The number of hydrogen-bond donors (Lipinski definition) is 1. The SMILES string of the molecule is CCOCc1nnc(C(N)=O)n1-c1c(OC)cccc1OC. The molecule has 2 rings (SSSR count). The first kappa shape index (κ1) is 15.8. The number of carbonyl (C=O) groups is 1. The van der Waals surface area contributed by atoms with Crippen LogP contribution in [0.3, 0.4) is 0 Å². The summed E-state index contributed by atoms with van der Waals surface area (Å²) in [6.45, 7) is 2.54. The number of hydrogen-bond acceptors (Lipinski definition) is 6. The van der Waals surface area contributed by atoms with Crippen LogP contribution in [-0.2, 0) is 11.3 Å². The molecular weight excluding hydrogens is 288 g/mol. The summed E-state index contributed by atoms with van der Waals surface area (Å²) in [5.41, 5.74) is 5.89. The molecule has 0 unspecified atom stereocenters. The van der Waals surface area contributed by atoms with Crippen LogP contribution in [0, 0.1) is 0 Å². The van der Waals surface area contributed by atoms with Crippen molar-refractivity contribution in [2.45, 2.75) is 13.5 Å². The minimum Gasteiger partial charge on any atom is -0.494 e. The first-order valence-corrected chi connectivity index (χ1v) is 6.67. The summed E-state index contributed by atoms with van der Waals surface area (Å²) >= 11 is 0. The molecule has 8 heteroatoms. The zero-order valence-corrected chi connectivity index (χ0v) is 12.7. The lowest BCUT2D eigenvalue weighted by Crippen LogP contribution is -2.19. The molecule has 1 aromatic carbocycles. The highest BCUT2D eigenvalue weighted by molar-refractivity contribution is 5.90. The fraction of sp³-hybridized carbons (Fsp3) is 0.357. The number of primary amides is 1. The molecule has 0 aliphatic heterocycles. The second-order valence-electron chi connectivity index (χ2n) is 4.29. The lowest BCUT2D eigenvalue weighted by atomic mass is 10.2. The molecule has 118 valence electrons. The Kier molecular flexibility index (Phi) is 4.95. The maximum Gasteiger partial charge on any atom is 0.287 e. The number of benzene rings is 1. The van der Waals surface area contributed by atoms with E-state index in [1.165, 1.54) is 18.8 Å². The van der Waals surface area contributed by atoms with Crippen LogP contribution in [0.15, 0.2) is 18.2 Å². The van der Waals surface area contributed by atoms with E-state index in [0.717, 1.165) is 0 Å². The molecule has 0 aliphatic rings. The van der Waals surface area contributed by atoms with E-state index in [4.69, 9.17) is 19.9 Å². The fourth-order valence-electron chi connectivity index (χ4n) is 2.05. The van der Waals surface area contributed by atoms with Gasteiger partial charge >= 0.3 is 0 Å². The third-order valence-corrected chi connectivity index (χ3v) is 3.01. The van der Waals surface area contributed by atoms with Gasteiger partial charge in [-0.05, 0) is 19.1 Å². The summed E-state index contributed by atoms with van der Waals surface area (Å²) in [6.07, 6.45) is 0. The van der Waals surface area contributed by atoms with Crippen molar-refractivity contribution in [2.75, 3.05) is 20.8 Å². The Hall–Kier alpha value is -2.61. The average Bonchev–Trinajstić information content (AvgIpc) is 2.95. The highest BCUT2D eigenvalue weighted by atomic mass is 16.5. The second-order valence-corrected chi connectivity index (χ2v) is 4.29. The minimum absolute atomic E-state index is 0.0162. The van der Waals surface area contributed by atoms with Crippen molar-refractivity contribution in [2.24, 2.45) is 5.73 Å². The van der Waals surface area contributed by atoms with E-state index in [0.29, 0.717) is 29.6 Å². The van der Waals surface area contributed by atoms with Gasteiger partial charge in [0.1, 0.15) is 23.8 Å². The molecule has 0 fully saturated rings. The summed E-state index contributed by atoms with van der Waals surface area (Å²) in [6, 6.07) is 5.26. The number of methoxy groups -OCH3 is 2. The van der Waals surface area contributed by atoms with Crippen molar-refractivity contribution in [1.82, 2.24) is 14.8 Å². The number of nitrogens with two attached hydrogens (primary N) is 1. The highest BCUT2D eigenvalue weighted by Crippen LogP contribution is 2.33. The zero-order valence-electron chi connectivity index (χ0n) is 12.7.